The number of halogens is 2. The molecule has 0 saturated heterocycles. The second kappa shape index (κ2) is 3.51. The maximum absolute atomic E-state index is 10.7. The number of rotatable bonds is 2. The zero-order valence-electron chi connectivity index (χ0n) is 7.08. The van der Waals surface area contributed by atoms with Crippen LogP contribution in [-0.2, 0) is 4.79 Å². The topological polar surface area (TPSA) is 50.2 Å². The van der Waals surface area contributed by atoms with Gasteiger partial charge in [0.1, 0.15) is 5.15 Å². The van der Waals surface area contributed by atoms with Crippen molar-refractivity contribution < 1.29 is 9.90 Å². The number of carboxylic acids is 1. The highest BCUT2D eigenvalue weighted by molar-refractivity contribution is 9.10. The van der Waals surface area contributed by atoms with Crippen LogP contribution in [0.4, 0.5) is 0 Å². The summed E-state index contributed by atoms with van der Waals surface area (Å²) in [6, 6.07) is 1.72. The van der Waals surface area contributed by atoms with Crippen molar-refractivity contribution in [1.82, 2.24) is 4.98 Å². The zero-order chi connectivity index (χ0) is 10.3. The Morgan fingerprint density at radius 2 is 2.43 bits per heavy atom. The molecule has 2 rings (SSSR count). The fraction of sp³-hybridized carbons (Fsp3) is 0.333. The lowest BCUT2D eigenvalue weighted by atomic mass is 10.1. The highest BCUT2D eigenvalue weighted by atomic mass is 79.9. The molecule has 2 atom stereocenters. The van der Waals surface area contributed by atoms with Gasteiger partial charge < -0.3 is 5.11 Å². The molecular weight excluding hydrogens is 269 g/mol. The predicted octanol–water partition coefficient (Wildman–Crippen LogP) is 2.69. The third-order valence-electron chi connectivity index (χ3n) is 2.36. The SMILES string of the molecule is O=C(O)C1CC1c1cc(Cl)ncc1Br. The highest BCUT2D eigenvalue weighted by Crippen LogP contribution is 2.49. The van der Waals surface area contributed by atoms with E-state index in [0.29, 0.717) is 11.6 Å². The van der Waals surface area contributed by atoms with Gasteiger partial charge in [-0.15, -0.1) is 0 Å². The van der Waals surface area contributed by atoms with E-state index >= 15 is 0 Å². The van der Waals surface area contributed by atoms with Crippen molar-refractivity contribution in [3.8, 4) is 0 Å². The average molecular weight is 277 g/mol. The van der Waals surface area contributed by atoms with Crippen LogP contribution in [0.3, 0.4) is 0 Å². The summed E-state index contributed by atoms with van der Waals surface area (Å²) in [5.41, 5.74) is 0.942. The Morgan fingerprint density at radius 1 is 1.71 bits per heavy atom. The number of aliphatic carboxylic acids is 1. The number of hydrogen-bond donors (Lipinski definition) is 1. The lowest BCUT2D eigenvalue weighted by Gasteiger charge is -2.02. The summed E-state index contributed by atoms with van der Waals surface area (Å²) in [6.45, 7) is 0. The van der Waals surface area contributed by atoms with Gasteiger partial charge in [-0.25, -0.2) is 4.98 Å². The molecule has 14 heavy (non-hydrogen) atoms. The molecule has 0 amide bonds. The highest BCUT2D eigenvalue weighted by Gasteiger charge is 2.45. The Hall–Kier alpha value is -0.610. The molecule has 1 saturated carbocycles. The molecule has 1 aromatic rings. The molecule has 1 aliphatic rings. The largest absolute Gasteiger partial charge is 0.481 e. The molecule has 2 unspecified atom stereocenters. The van der Waals surface area contributed by atoms with Crippen LogP contribution in [0, 0.1) is 5.92 Å². The number of hydrogen-bond acceptors (Lipinski definition) is 2. The fourth-order valence-electron chi connectivity index (χ4n) is 1.52. The summed E-state index contributed by atoms with van der Waals surface area (Å²) in [5.74, 6) is -0.915. The van der Waals surface area contributed by atoms with Crippen molar-refractivity contribution in [3.63, 3.8) is 0 Å². The Morgan fingerprint density at radius 3 is 3.00 bits per heavy atom. The van der Waals surface area contributed by atoms with Crippen molar-refractivity contribution in [2.24, 2.45) is 5.92 Å². The second-order valence-electron chi connectivity index (χ2n) is 3.32. The minimum Gasteiger partial charge on any atom is -0.481 e. The van der Waals surface area contributed by atoms with E-state index in [2.05, 4.69) is 20.9 Å². The number of carbonyl (C=O) groups is 1. The Labute approximate surface area is 94.2 Å². The van der Waals surface area contributed by atoms with Gasteiger partial charge >= 0.3 is 5.97 Å². The van der Waals surface area contributed by atoms with Crippen LogP contribution in [0.1, 0.15) is 17.9 Å². The van der Waals surface area contributed by atoms with Crippen LogP contribution in [0.15, 0.2) is 16.7 Å². The molecule has 0 radical (unpaired) electrons. The van der Waals surface area contributed by atoms with E-state index in [1.807, 2.05) is 0 Å². The number of carboxylic acid groups (broad SMARTS) is 1. The molecule has 1 aromatic heterocycles. The second-order valence-corrected chi connectivity index (χ2v) is 4.56. The van der Waals surface area contributed by atoms with E-state index in [4.69, 9.17) is 16.7 Å². The first-order valence-electron chi connectivity index (χ1n) is 4.13. The molecular formula is C9H7BrClNO2. The van der Waals surface area contributed by atoms with Crippen molar-refractivity contribution in [2.75, 3.05) is 0 Å². The van der Waals surface area contributed by atoms with Crippen LogP contribution < -0.4 is 0 Å². The molecule has 0 spiro atoms. The number of aromatic nitrogens is 1. The van der Waals surface area contributed by atoms with Crippen molar-refractivity contribution in [2.45, 2.75) is 12.3 Å². The van der Waals surface area contributed by atoms with Crippen molar-refractivity contribution in [1.29, 1.82) is 0 Å². The van der Waals surface area contributed by atoms with Gasteiger partial charge in [-0.3, -0.25) is 4.79 Å². The van der Waals surface area contributed by atoms with E-state index in [1.54, 1.807) is 12.3 Å². The molecule has 1 N–H and O–H groups in total. The molecule has 0 aromatic carbocycles. The maximum atomic E-state index is 10.7. The standard InChI is InChI=1S/C9H7BrClNO2/c10-7-3-12-8(11)2-5(7)4-1-6(4)9(13)14/h2-4,6H,1H2,(H,13,14). The molecule has 0 bridgehead atoms. The smallest absolute Gasteiger partial charge is 0.307 e. The summed E-state index contributed by atoms with van der Waals surface area (Å²) in [4.78, 5) is 14.6. The van der Waals surface area contributed by atoms with Gasteiger partial charge in [0.05, 0.1) is 5.92 Å². The molecule has 1 heterocycles. The van der Waals surface area contributed by atoms with Crippen LogP contribution in [-0.4, -0.2) is 16.1 Å². The van der Waals surface area contributed by atoms with Crippen molar-refractivity contribution in [3.05, 3.63) is 27.5 Å². The molecule has 1 fully saturated rings. The molecule has 74 valence electrons. The van der Waals surface area contributed by atoms with Gasteiger partial charge in [-0.2, -0.15) is 0 Å². The van der Waals surface area contributed by atoms with Crippen molar-refractivity contribution >= 4 is 33.5 Å². The first-order chi connectivity index (χ1) is 6.59. The zero-order valence-corrected chi connectivity index (χ0v) is 9.42. The molecule has 5 heteroatoms. The van der Waals surface area contributed by atoms with Gasteiger partial charge in [-0.1, -0.05) is 11.6 Å². The van der Waals surface area contributed by atoms with Crippen LogP contribution >= 0.6 is 27.5 Å². The number of pyridine rings is 1. The fourth-order valence-corrected chi connectivity index (χ4v) is 2.20. The summed E-state index contributed by atoms with van der Waals surface area (Å²) in [5, 5.41) is 9.18. The van der Waals surface area contributed by atoms with E-state index in [-0.39, 0.29) is 11.8 Å². The minimum atomic E-state index is -0.741. The predicted molar refractivity (Wildman–Crippen MR) is 55.4 cm³/mol. The first kappa shape index (κ1) is 9.93. The summed E-state index contributed by atoms with van der Waals surface area (Å²) in [6.07, 6.45) is 2.29. The van der Waals surface area contributed by atoms with Crippen LogP contribution in [0.25, 0.3) is 0 Å². The van der Waals surface area contributed by atoms with Crippen LogP contribution in [0.5, 0.6) is 0 Å². The quantitative estimate of drug-likeness (QED) is 0.845. The normalized spacial score (nSPS) is 24.7. The molecule has 0 aliphatic heterocycles. The Balaban J connectivity index is 2.26. The summed E-state index contributed by atoms with van der Waals surface area (Å²) < 4.78 is 0.829. The summed E-state index contributed by atoms with van der Waals surface area (Å²) >= 11 is 9.07. The van der Waals surface area contributed by atoms with Gasteiger partial charge in [0.25, 0.3) is 0 Å². The van der Waals surface area contributed by atoms with E-state index < -0.39 is 5.97 Å². The van der Waals surface area contributed by atoms with E-state index in [0.717, 1.165) is 10.0 Å². The van der Waals surface area contributed by atoms with Gasteiger partial charge in [0.15, 0.2) is 0 Å². The summed E-state index contributed by atoms with van der Waals surface area (Å²) in [7, 11) is 0. The van der Waals surface area contributed by atoms with Gasteiger partial charge in [0, 0.05) is 10.7 Å². The van der Waals surface area contributed by atoms with E-state index in [1.165, 1.54) is 0 Å². The number of nitrogens with zero attached hydrogens (tertiary/aromatic N) is 1. The Kier molecular flexibility index (Phi) is 2.49. The molecule has 3 nitrogen and oxygen atoms in total. The maximum Gasteiger partial charge on any atom is 0.307 e. The molecule has 1 aliphatic carbocycles. The minimum absolute atomic E-state index is 0.0855. The average Bonchev–Trinajstić information content (AvgIpc) is 2.88. The van der Waals surface area contributed by atoms with Gasteiger partial charge in [0.2, 0.25) is 0 Å². The lowest BCUT2D eigenvalue weighted by Crippen LogP contribution is -1.99. The van der Waals surface area contributed by atoms with Gasteiger partial charge in [-0.05, 0) is 39.9 Å². The van der Waals surface area contributed by atoms with E-state index in [9.17, 15) is 4.79 Å². The Bertz CT molecular complexity index is 396. The lowest BCUT2D eigenvalue weighted by molar-refractivity contribution is -0.138. The third-order valence-corrected chi connectivity index (χ3v) is 3.23. The first-order valence-corrected chi connectivity index (χ1v) is 5.30. The third kappa shape index (κ3) is 1.77. The monoisotopic (exact) mass is 275 g/mol. The van der Waals surface area contributed by atoms with Crippen LogP contribution in [0.2, 0.25) is 5.15 Å².